The first kappa shape index (κ1) is 51.0. The molecule has 0 saturated carbocycles. The Morgan fingerprint density at radius 2 is 1.11 bits per heavy atom. The number of carboxylic acid groups (broad SMARTS) is 1. The highest BCUT2D eigenvalue weighted by atomic mass is 16.6. The van der Waals surface area contributed by atoms with E-state index >= 15 is 0 Å². The molecule has 2 unspecified atom stereocenters. The van der Waals surface area contributed by atoms with E-state index < -0.39 is 18.1 Å². The fourth-order valence-corrected chi connectivity index (χ4v) is 5.87. The lowest BCUT2D eigenvalue weighted by atomic mass is 10.1. The number of likely N-dealkylation sites (N-methyl/N-ethyl adjacent to an activating group) is 1. The molecule has 0 radical (unpaired) electrons. The van der Waals surface area contributed by atoms with Crippen LogP contribution in [0.15, 0.2) is 60.8 Å². The van der Waals surface area contributed by atoms with Crippen molar-refractivity contribution in [3.8, 4) is 0 Å². The zero-order valence-electron chi connectivity index (χ0n) is 35.2. The molecule has 0 bridgehead atoms. The summed E-state index contributed by atoms with van der Waals surface area (Å²) in [4.78, 5) is 36.9. The zero-order chi connectivity index (χ0) is 40.0. The van der Waals surface area contributed by atoms with E-state index in [1.165, 1.54) is 77.0 Å². The second kappa shape index (κ2) is 37.0. The van der Waals surface area contributed by atoms with Gasteiger partial charge in [-0.1, -0.05) is 139 Å². The van der Waals surface area contributed by atoms with Gasteiger partial charge in [0.15, 0.2) is 12.1 Å². The summed E-state index contributed by atoms with van der Waals surface area (Å²) in [6.45, 7) is 4.52. The molecule has 8 heteroatoms. The molecule has 0 aromatic carbocycles. The van der Waals surface area contributed by atoms with E-state index in [-0.39, 0.29) is 42.7 Å². The number of nitrogens with zero attached hydrogens (tertiary/aromatic N) is 1. The van der Waals surface area contributed by atoms with Crippen molar-refractivity contribution < 1.29 is 38.2 Å². The molecule has 8 nitrogen and oxygen atoms in total. The number of hydrogen-bond donors (Lipinski definition) is 1. The maximum absolute atomic E-state index is 12.7. The van der Waals surface area contributed by atoms with Crippen molar-refractivity contribution >= 4 is 17.9 Å². The van der Waals surface area contributed by atoms with Crippen LogP contribution < -0.4 is 0 Å². The lowest BCUT2D eigenvalue weighted by molar-refractivity contribution is -0.887. The summed E-state index contributed by atoms with van der Waals surface area (Å²) in [6, 6.07) is -0.623. The standard InChI is InChI=1S/C46H79NO7/c1-6-8-10-12-14-16-18-19-20-21-22-23-24-25-27-29-31-33-35-37-45(49)54-42(40-52-39-38-43(46(50)51)47(3,4)5)41-53-44(48)36-34-32-30-28-26-17-15-13-11-9-7-2/h9,11,14-19,28,30,42-43H,6-8,10,12-13,20-27,29,31-41H2,1-5H3/p+1/b11-9+,16-14+,17-15+,19-18+,30-28+. The van der Waals surface area contributed by atoms with Gasteiger partial charge in [0.25, 0.3) is 0 Å². The summed E-state index contributed by atoms with van der Waals surface area (Å²) < 4.78 is 17.2. The Bertz CT molecular complexity index is 1070. The van der Waals surface area contributed by atoms with Crippen LogP contribution in [0.5, 0.6) is 0 Å². The number of carboxylic acids is 1. The fraction of sp³-hybridized carbons (Fsp3) is 0.717. The number of ether oxygens (including phenoxy) is 3. The molecule has 0 amide bonds. The molecule has 0 aliphatic carbocycles. The lowest BCUT2D eigenvalue weighted by Gasteiger charge is -2.31. The van der Waals surface area contributed by atoms with Crippen molar-refractivity contribution in [2.75, 3.05) is 41.0 Å². The van der Waals surface area contributed by atoms with Crippen LogP contribution in [0.3, 0.4) is 0 Å². The van der Waals surface area contributed by atoms with E-state index in [0.29, 0.717) is 19.3 Å². The SMILES string of the molecule is CC/C=C/C/C=C/C/C=C/CCCC(=O)OCC(COCCC(C(=O)O)[N+](C)(C)C)OC(=O)CCCCCCCCCCCC/C=C/C=C/CCCCC. The maximum atomic E-state index is 12.7. The quantitative estimate of drug-likeness (QED) is 0.0221. The summed E-state index contributed by atoms with van der Waals surface area (Å²) >= 11 is 0. The number of rotatable bonds is 37. The molecular formula is C46H80NO7+. The van der Waals surface area contributed by atoms with Crippen LogP contribution in [0, 0.1) is 0 Å². The van der Waals surface area contributed by atoms with Gasteiger partial charge in [-0.2, -0.15) is 0 Å². The molecule has 0 aliphatic rings. The van der Waals surface area contributed by atoms with Gasteiger partial charge in [0, 0.05) is 19.3 Å². The molecule has 0 aromatic heterocycles. The first-order valence-electron chi connectivity index (χ1n) is 21.3. The van der Waals surface area contributed by atoms with Gasteiger partial charge in [-0.15, -0.1) is 0 Å². The number of carbonyl (C=O) groups is 3. The van der Waals surface area contributed by atoms with Crippen LogP contribution in [0.25, 0.3) is 0 Å². The van der Waals surface area contributed by atoms with Gasteiger partial charge in [-0.05, 0) is 64.2 Å². The van der Waals surface area contributed by atoms with E-state index in [9.17, 15) is 19.5 Å². The average Bonchev–Trinajstić information content (AvgIpc) is 3.12. The normalized spacial score (nSPS) is 13.6. The Kier molecular flexibility index (Phi) is 34.9. The molecular weight excluding hydrogens is 679 g/mol. The Hall–Kier alpha value is -2.97. The molecule has 0 aliphatic heterocycles. The molecule has 2 atom stereocenters. The van der Waals surface area contributed by atoms with E-state index in [2.05, 4.69) is 74.6 Å². The largest absolute Gasteiger partial charge is 0.477 e. The Labute approximate surface area is 330 Å². The molecule has 0 rings (SSSR count). The second-order valence-electron chi connectivity index (χ2n) is 15.2. The molecule has 0 heterocycles. The van der Waals surface area contributed by atoms with E-state index in [1.54, 1.807) is 0 Å². The Morgan fingerprint density at radius 3 is 1.69 bits per heavy atom. The summed E-state index contributed by atoms with van der Waals surface area (Å²) in [5.74, 6) is -1.55. The van der Waals surface area contributed by atoms with Gasteiger partial charge >= 0.3 is 17.9 Å². The third kappa shape index (κ3) is 34.8. The van der Waals surface area contributed by atoms with Crippen LogP contribution >= 0.6 is 0 Å². The molecule has 1 N–H and O–H groups in total. The number of unbranched alkanes of at least 4 members (excludes halogenated alkanes) is 14. The number of esters is 2. The minimum Gasteiger partial charge on any atom is -0.477 e. The predicted molar refractivity (Wildman–Crippen MR) is 224 cm³/mol. The summed E-state index contributed by atoms with van der Waals surface area (Å²) in [6.07, 6.45) is 44.2. The van der Waals surface area contributed by atoms with E-state index in [4.69, 9.17) is 14.2 Å². The topological polar surface area (TPSA) is 99.1 Å². The highest BCUT2D eigenvalue weighted by molar-refractivity contribution is 5.72. The van der Waals surface area contributed by atoms with Crippen molar-refractivity contribution in [2.24, 2.45) is 0 Å². The Morgan fingerprint density at radius 1 is 0.593 bits per heavy atom. The molecule has 310 valence electrons. The Balaban J connectivity index is 4.37. The molecule has 54 heavy (non-hydrogen) atoms. The molecule has 0 fully saturated rings. The van der Waals surface area contributed by atoms with Gasteiger partial charge in [0.05, 0.1) is 34.4 Å². The third-order valence-electron chi connectivity index (χ3n) is 9.18. The van der Waals surface area contributed by atoms with Crippen molar-refractivity contribution in [3.63, 3.8) is 0 Å². The molecule has 0 saturated heterocycles. The third-order valence-corrected chi connectivity index (χ3v) is 9.18. The van der Waals surface area contributed by atoms with Gasteiger partial charge in [-0.25, -0.2) is 4.79 Å². The van der Waals surface area contributed by atoms with E-state index in [1.807, 2.05) is 21.1 Å². The fourth-order valence-electron chi connectivity index (χ4n) is 5.87. The first-order valence-corrected chi connectivity index (χ1v) is 21.3. The molecule has 0 aromatic rings. The second-order valence-corrected chi connectivity index (χ2v) is 15.2. The number of aliphatic carboxylic acids is 1. The molecule has 0 spiro atoms. The van der Waals surface area contributed by atoms with Gasteiger partial charge in [0.1, 0.15) is 6.61 Å². The average molecular weight is 759 g/mol. The smallest absolute Gasteiger partial charge is 0.362 e. The number of carbonyl (C=O) groups excluding carboxylic acids is 2. The van der Waals surface area contributed by atoms with E-state index in [0.717, 1.165) is 44.9 Å². The monoisotopic (exact) mass is 759 g/mol. The predicted octanol–water partition coefficient (Wildman–Crippen LogP) is 11.4. The first-order chi connectivity index (χ1) is 26.1. The van der Waals surface area contributed by atoms with Crippen LogP contribution in [-0.2, 0) is 28.6 Å². The summed E-state index contributed by atoms with van der Waals surface area (Å²) in [5.41, 5.74) is 0. The van der Waals surface area contributed by atoms with Crippen molar-refractivity contribution in [2.45, 2.75) is 174 Å². The van der Waals surface area contributed by atoms with Gasteiger partial charge in [-0.3, -0.25) is 9.59 Å². The van der Waals surface area contributed by atoms with Crippen LogP contribution in [0.4, 0.5) is 0 Å². The number of hydrogen-bond acceptors (Lipinski definition) is 6. The zero-order valence-corrected chi connectivity index (χ0v) is 35.2. The van der Waals surface area contributed by atoms with Gasteiger partial charge in [0.2, 0.25) is 0 Å². The van der Waals surface area contributed by atoms with Crippen LogP contribution in [0.2, 0.25) is 0 Å². The summed E-state index contributed by atoms with van der Waals surface area (Å²) in [7, 11) is 5.50. The van der Waals surface area contributed by atoms with Crippen molar-refractivity contribution in [3.05, 3.63) is 60.8 Å². The van der Waals surface area contributed by atoms with Crippen LogP contribution in [-0.4, -0.2) is 80.6 Å². The number of allylic oxidation sites excluding steroid dienone is 10. The van der Waals surface area contributed by atoms with Crippen molar-refractivity contribution in [1.82, 2.24) is 0 Å². The minimum absolute atomic E-state index is 0.0419. The van der Waals surface area contributed by atoms with Crippen molar-refractivity contribution in [1.29, 1.82) is 0 Å². The van der Waals surface area contributed by atoms with Gasteiger partial charge < -0.3 is 23.8 Å². The van der Waals surface area contributed by atoms with Crippen LogP contribution in [0.1, 0.15) is 162 Å². The minimum atomic E-state index is -0.884. The number of quaternary nitrogens is 1. The summed E-state index contributed by atoms with van der Waals surface area (Å²) in [5, 5.41) is 9.60. The maximum Gasteiger partial charge on any atom is 0.362 e. The highest BCUT2D eigenvalue weighted by Crippen LogP contribution is 2.14. The highest BCUT2D eigenvalue weighted by Gasteiger charge is 2.31. The lowest BCUT2D eigenvalue weighted by Crippen LogP contribution is -2.50.